The van der Waals surface area contributed by atoms with Gasteiger partial charge < -0.3 is 4.57 Å². The fraction of sp³-hybridized carbons (Fsp3) is 0.474. The van der Waals surface area contributed by atoms with E-state index < -0.39 is 8.07 Å². The van der Waals surface area contributed by atoms with Crippen LogP contribution in [0.2, 0.25) is 19.6 Å². The Morgan fingerprint density at radius 3 is 2.32 bits per heavy atom. The van der Waals surface area contributed by atoms with Crippen LogP contribution in [0.5, 0.6) is 0 Å². The smallest absolute Gasteiger partial charge is 0.0799 e. The average Bonchev–Trinajstić information content (AvgIpc) is 2.85. The van der Waals surface area contributed by atoms with Crippen LogP contribution in [0.4, 0.5) is 0 Å². The number of hydrogen-bond acceptors (Lipinski definition) is 0. The number of aromatic nitrogens is 1. The quantitative estimate of drug-likeness (QED) is 0.447. The summed E-state index contributed by atoms with van der Waals surface area (Å²) in [4.78, 5) is 0. The van der Waals surface area contributed by atoms with Gasteiger partial charge in [0.1, 0.15) is 0 Å². The molecule has 0 radical (unpaired) electrons. The van der Waals surface area contributed by atoms with Gasteiger partial charge in [-0.25, -0.2) is 0 Å². The lowest BCUT2D eigenvalue weighted by atomic mass is 10.0. The zero-order chi connectivity index (χ0) is 16.2. The molecule has 0 saturated carbocycles. The van der Waals surface area contributed by atoms with Crippen LogP contribution in [0.25, 0.3) is 11.3 Å². The fourth-order valence-corrected chi connectivity index (χ4v) is 5.07. The Kier molecular flexibility index (Phi) is 6.10. The molecule has 22 heavy (non-hydrogen) atoms. The lowest BCUT2D eigenvalue weighted by Crippen LogP contribution is -2.39. The van der Waals surface area contributed by atoms with Crippen molar-refractivity contribution in [2.75, 3.05) is 5.33 Å². The summed E-state index contributed by atoms with van der Waals surface area (Å²) >= 11 is 3.60. The van der Waals surface area contributed by atoms with Crippen molar-refractivity contribution in [1.29, 1.82) is 0 Å². The van der Waals surface area contributed by atoms with E-state index in [9.17, 15) is 0 Å². The summed E-state index contributed by atoms with van der Waals surface area (Å²) in [5, 5.41) is 2.71. The molecule has 1 aromatic heterocycles. The van der Waals surface area contributed by atoms with E-state index >= 15 is 0 Å². The number of aryl methyl sites for hydroxylation is 1. The van der Waals surface area contributed by atoms with Gasteiger partial charge in [-0.05, 0) is 35.6 Å². The highest BCUT2D eigenvalue weighted by atomic mass is 79.9. The Morgan fingerprint density at radius 1 is 1.09 bits per heavy atom. The van der Waals surface area contributed by atoms with E-state index in [0.29, 0.717) is 0 Å². The molecule has 0 N–H and O–H groups in total. The van der Waals surface area contributed by atoms with Crippen LogP contribution in [-0.2, 0) is 13.0 Å². The summed E-state index contributed by atoms with van der Waals surface area (Å²) in [6, 6.07) is 10.9. The Labute approximate surface area is 144 Å². The Balaban J connectivity index is 2.63. The summed E-state index contributed by atoms with van der Waals surface area (Å²) in [6.07, 6.45) is 6.01. The maximum Gasteiger partial charge on any atom is 0.0799 e. The molecule has 2 aromatic rings. The molecule has 0 aliphatic rings. The third-order valence-electron chi connectivity index (χ3n) is 4.06. The van der Waals surface area contributed by atoms with E-state index in [0.717, 1.165) is 11.9 Å². The number of rotatable bonds is 7. The standard InChI is InChI=1S/C19H28BrNSi/c1-5-14-21-15-18(22(2,3)4)17(12-9-13-20)19(21)16-10-7-6-8-11-16/h6-8,10-11,15H,5,9,12-14H2,1-4H3. The molecular weight excluding hydrogens is 350 g/mol. The van der Waals surface area contributed by atoms with E-state index in [4.69, 9.17) is 0 Å². The maximum atomic E-state index is 3.60. The van der Waals surface area contributed by atoms with E-state index in [1.165, 1.54) is 30.5 Å². The van der Waals surface area contributed by atoms with Crippen LogP contribution in [0, 0.1) is 0 Å². The average molecular weight is 378 g/mol. The van der Waals surface area contributed by atoms with Crippen LogP contribution in [0.3, 0.4) is 0 Å². The first-order chi connectivity index (χ1) is 10.5. The lowest BCUT2D eigenvalue weighted by molar-refractivity contribution is 0.688. The van der Waals surface area contributed by atoms with Crippen LogP contribution < -0.4 is 5.19 Å². The zero-order valence-corrected chi connectivity index (χ0v) is 16.9. The van der Waals surface area contributed by atoms with Crippen molar-refractivity contribution in [3.63, 3.8) is 0 Å². The molecule has 1 heterocycles. The minimum absolute atomic E-state index is 1.07. The van der Waals surface area contributed by atoms with Crippen molar-refractivity contribution in [3.8, 4) is 11.3 Å². The van der Waals surface area contributed by atoms with Crippen molar-refractivity contribution in [2.45, 2.75) is 52.4 Å². The van der Waals surface area contributed by atoms with Gasteiger partial charge in [-0.15, -0.1) is 0 Å². The molecule has 0 fully saturated rings. The summed E-state index contributed by atoms with van der Waals surface area (Å²) in [5.74, 6) is 0. The van der Waals surface area contributed by atoms with Gasteiger partial charge in [-0.1, -0.05) is 72.8 Å². The first-order valence-electron chi connectivity index (χ1n) is 8.33. The van der Waals surface area contributed by atoms with Gasteiger partial charge in [-0.2, -0.15) is 0 Å². The molecule has 0 aliphatic heterocycles. The summed E-state index contributed by atoms with van der Waals surface area (Å²) < 4.78 is 2.51. The van der Waals surface area contributed by atoms with Gasteiger partial charge in [0.05, 0.1) is 13.8 Å². The highest BCUT2D eigenvalue weighted by molar-refractivity contribution is 9.09. The Bertz CT molecular complexity index is 596. The number of halogens is 1. The molecule has 0 saturated heterocycles. The third kappa shape index (κ3) is 3.93. The van der Waals surface area contributed by atoms with Gasteiger partial charge >= 0.3 is 0 Å². The van der Waals surface area contributed by atoms with E-state index in [2.05, 4.69) is 83.6 Å². The summed E-state index contributed by atoms with van der Waals surface area (Å²) in [5.41, 5.74) is 4.42. The van der Waals surface area contributed by atoms with Crippen molar-refractivity contribution in [3.05, 3.63) is 42.1 Å². The molecule has 0 spiro atoms. The number of benzene rings is 1. The highest BCUT2D eigenvalue weighted by Gasteiger charge is 2.26. The normalized spacial score (nSPS) is 11.9. The fourth-order valence-electron chi connectivity index (χ4n) is 3.10. The van der Waals surface area contributed by atoms with Crippen LogP contribution in [0.1, 0.15) is 25.3 Å². The van der Waals surface area contributed by atoms with Crippen LogP contribution in [-0.4, -0.2) is 18.0 Å². The number of nitrogens with zero attached hydrogens (tertiary/aromatic N) is 1. The van der Waals surface area contributed by atoms with Crippen LogP contribution >= 0.6 is 15.9 Å². The topological polar surface area (TPSA) is 4.93 Å². The highest BCUT2D eigenvalue weighted by Crippen LogP contribution is 2.27. The second-order valence-corrected chi connectivity index (χ2v) is 12.8. The summed E-state index contributed by atoms with van der Waals surface area (Å²) in [7, 11) is -1.34. The van der Waals surface area contributed by atoms with Gasteiger partial charge in [0.15, 0.2) is 0 Å². The predicted molar refractivity (Wildman–Crippen MR) is 105 cm³/mol. The first kappa shape index (κ1) is 17.5. The van der Waals surface area contributed by atoms with Crippen molar-refractivity contribution < 1.29 is 0 Å². The maximum absolute atomic E-state index is 3.60. The first-order valence-corrected chi connectivity index (χ1v) is 12.9. The van der Waals surface area contributed by atoms with E-state index in [1.54, 1.807) is 10.8 Å². The van der Waals surface area contributed by atoms with Gasteiger partial charge in [0, 0.05) is 18.1 Å². The van der Waals surface area contributed by atoms with Crippen LogP contribution in [0.15, 0.2) is 36.5 Å². The van der Waals surface area contributed by atoms with Gasteiger partial charge in [-0.3, -0.25) is 0 Å². The van der Waals surface area contributed by atoms with Crippen molar-refractivity contribution in [1.82, 2.24) is 4.57 Å². The summed E-state index contributed by atoms with van der Waals surface area (Å²) in [6.45, 7) is 10.8. The van der Waals surface area contributed by atoms with E-state index in [1.807, 2.05) is 0 Å². The zero-order valence-electron chi connectivity index (χ0n) is 14.3. The minimum atomic E-state index is -1.34. The van der Waals surface area contributed by atoms with Gasteiger partial charge in [0.2, 0.25) is 0 Å². The SMILES string of the molecule is CCCn1cc([Si](C)(C)C)c(CCCBr)c1-c1ccccc1. The lowest BCUT2D eigenvalue weighted by Gasteiger charge is -2.18. The largest absolute Gasteiger partial charge is 0.347 e. The number of alkyl halides is 1. The Morgan fingerprint density at radius 2 is 1.77 bits per heavy atom. The predicted octanol–water partition coefficient (Wildman–Crippen LogP) is 5.44. The molecule has 0 amide bonds. The molecule has 0 aliphatic carbocycles. The molecule has 1 nitrogen and oxygen atoms in total. The Hall–Kier alpha value is -0.803. The van der Waals surface area contributed by atoms with Crippen molar-refractivity contribution >= 4 is 29.2 Å². The monoisotopic (exact) mass is 377 g/mol. The van der Waals surface area contributed by atoms with Crippen molar-refractivity contribution in [2.24, 2.45) is 0 Å². The molecule has 0 bridgehead atoms. The van der Waals surface area contributed by atoms with E-state index in [-0.39, 0.29) is 0 Å². The number of hydrogen-bond donors (Lipinski definition) is 0. The molecular formula is C19H28BrNSi. The molecule has 0 unspecified atom stereocenters. The van der Waals surface area contributed by atoms with Gasteiger partial charge in [0.25, 0.3) is 0 Å². The second-order valence-electron chi connectivity index (χ2n) is 6.97. The molecule has 3 heteroatoms. The minimum Gasteiger partial charge on any atom is -0.347 e. The molecule has 1 aromatic carbocycles. The molecule has 120 valence electrons. The third-order valence-corrected chi connectivity index (χ3v) is 6.67. The second kappa shape index (κ2) is 7.65. The molecule has 0 atom stereocenters. The molecule has 2 rings (SSSR count).